The fraction of sp³-hybridized carbons (Fsp3) is 0.375. The number of aromatic nitrogens is 2. The van der Waals surface area contributed by atoms with Gasteiger partial charge in [-0.25, -0.2) is 4.98 Å². The summed E-state index contributed by atoms with van der Waals surface area (Å²) in [6.45, 7) is 6.24. The summed E-state index contributed by atoms with van der Waals surface area (Å²) in [6.07, 6.45) is 5.54. The average molecular weight is 291 g/mol. The SMILES string of the molecule is CC(C)(C)C(Cc1cccc(Cl)c1)C(=O)n1ccnc1. The fourth-order valence-electron chi connectivity index (χ4n) is 2.23. The molecular formula is C16H19ClN2O. The van der Waals surface area contributed by atoms with Gasteiger partial charge in [-0.3, -0.25) is 9.36 Å². The first-order valence-electron chi connectivity index (χ1n) is 6.64. The zero-order valence-electron chi connectivity index (χ0n) is 12.0. The molecule has 0 aliphatic carbocycles. The Hall–Kier alpha value is -1.61. The molecule has 0 spiro atoms. The standard InChI is InChI=1S/C16H19ClN2O/c1-16(2,3)14(15(20)19-8-7-18-11-19)10-12-5-4-6-13(17)9-12/h4-9,11,14H,10H2,1-3H3. The molecule has 4 heteroatoms. The minimum atomic E-state index is -0.135. The third kappa shape index (κ3) is 3.48. The molecule has 0 aliphatic heterocycles. The van der Waals surface area contributed by atoms with Gasteiger partial charge in [-0.15, -0.1) is 0 Å². The number of nitrogens with zero attached hydrogens (tertiary/aromatic N) is 2. The first-order chi connectivity index (χ1) is 9.38. The van der Waals surface area contributed by atoms with Crippen LogP contribution in [-0.2, 0) is 6.42 Å². The Bertz CT molecular complexity index is 585. The summed E-state index contributed by atoms with van der Waals surface area (Å²) >= 11 is 6.02. The normalized spacial score (nSPS) is 13.2. The summed E-state index contributed by atoms with van der Waals surface area (Å²) in [5.74, 6) is -0.0647. The Kier molecular flexibility index (Phi) is 4.29. The number of rotatable bonds is 3. The van der Waals surface area contributed by atoms with Gasteiger partial charge in [0.05, 0.1) is 0 Å². The summed E-state index contributed by atoms with van der Waals surface area (Å²) in [5.41, 5.74) is 0.940. The Morgan fingerprint density at radius 2 is 2.15 bits per heavy atom. The molecule has 106 valence electrons. The van der Waals surface area contributed by atoms with E-state index in [9.17, 15) is 4.79 Å². The van der Waals surface area contributed by atoms with Crippen molar-refractivity contribution in [3.05, 3.63) is 53.6 Å². The van der Waals surface area contributed by atoms with Crippen LogP contribution in [0.25, 0.3) is 0 Å². The largest absolute Gasteiger partial charge is 0.276 e. The minimum absolute atomic E-state index is 0.0648. The lowest BCUT2D eigenvalue weighted by Crippen LogP contribution is -2.33. The Labute approximate surface area is 124 Å². The molecule has 0 saturated carbocycles. The molecule has 20 heavy (non-hydrogen) atoms. The van der Waals surface area contributed by atoms with Crippen LogP contribution in [0.2, 0.25) is 5.02 Å². The number of benzene rings is 1. The van der Waals surface area contributed by atoms with Gasteiger partial charge in [0, 0.05) is 23.3 Å². The van der Waals surface area contributed by atoms with E-state index in [-0.39, 0.29) is 17.2 Å². The van der Waals surface area contributed by atoms with Crippen LogP contribution in [0.15, 0.2) is 43.0 Å². The third-order valence-corrected chi connectivity index (χ3v) is 3.67. The monoisotopic (exact) mass is 290 g/mol. The Morgan fingerprint density at radius 3 is 2.70 bits per heavy atom. The van der Waals surface area contributed by atoms with Crippen LogP contribution in [0.5, 0.6) is 0 Å². The minimum Gasteiger partial charge on any atom is -0.276 e. The predicted molar refractivity (Wildman–Crippen MR) is 81.0 cm³/mol. The average Bonchev–Trinajstić information content (AvgIpc) is 2.87. The van der Waals surface area contributed by atoms with Gasteiger partial charge in [0.15, 0.2) is 0 Å². The van der Waals surface area contributed by atoms with Gasteiger partial charge in [-0.05, 0) is 29.5 Å². The molecule has 2 rings (SSSR count). The Balaban J connectivity index is 2.27. The van der Waals surface area contributed by atoms with Crippen molar-refractivity contribution in [3.63, 3.8) is 0 Å². The second-order valence-corrected chi connectivity index (χ2v) is 6.50. The first kappa shape index (κ1) is 14.8. The van der Waals surface area contributed by atoms with Crippen molar-refractivity contribution >= 4 is 17.5 Å². The first-order valence-corrected chi connectivity index (χ1v) is 7.02. The fourth-order valence-corrected chi connectivity index (χ4v) is 2.45. The van der Waals surface area contributed by atoms with E-state index in [1.165, 1.54) is 0 Å². The summed E-state index contributed by atoms with van der Waals surface area (Å²) in [4.78, 5) is 16.6. The van der Waals surface area contributed by atoms with E-state index >= 15 is 0 Å². The van der Waals surface area contributed by atoms with Gasteiger partial charge in [0.2, 0.25) is 5.91 Å². The van der Waals surface area contributed by atoms with Crippen LogP contribution < -0.4 is 0 Å². The highest BCUT2D eigenvalue weighted by atomic mass is 35.5. The van der Waals surface area contributed by atoms with Gasteiger partial charge < -0.3 is 0 Å². The van der Waals surface area contributed by atoms with Gasteiger partial charge >= 0.3 is 0 Å². The highest BCUT2D eigenvalue weighted by Gasteiger charge is 2.32. The molecule has 0 amide bonds. The summed E-state index contributed by atoms with van der Waals surface area (Å²) in [7, 11) is 0. The maximum absolute atomic E-state index is 12.6. The number of hydrogen-bond donors (Lipinski definition) is 0. The summed E-state index contributed by atoms with van der Waals surface area (Å²) in [6, 6.07) is 7.68. The molecular weight excluding hydrogens is 272 g/mol. The maximum atomic E-state index is 12.6. The van der Waals surface area contributed by atoms with Crippen molar-refractivity contribution in [3.8, 4) is 0 Å². The van der Waals surface area contributed by atoms with E-state index in [0.717, 1.165) is 5.56 Å². The lowest BCUT2D eigenvalue weighted by atomic mass is 9.76. The smallest absolute Gasteiger partial charge is 0.235 e. The number of carbonyl (C=O) groups excluding carboxylic acids is 1. The molecule has 0 saturated heterocycles. The maximum Gasteiger partial charge on any atom is 0.235 e. The van der Waals surface area contributed by atoms with E-state index in [4.69, 9.17) is 11.6 Å². The van der Waals surface area contributed by atoms with Crippen LogP contribution in [0.3, 0.4) is 0 Å². The number of hydrogen-bond acceptors (Lipinski definition) is 2. The van der Waals surface area contributed by atoms with Crippen molar-refractivity contribution in [2.75, 3.05) is 0 Å². The highest BCUT2D eigenvalue weighted by Crippen LogP contribution is 2.31. The van der Waals surface area contributed by atoms with E-state index < -0.39 is 0 Å². The molecule has 0 bridgehead atoms. The molecule has 0 fully saturated rings. The summed E-state index contributed by atoms with van der Waals surface area (Å²) in [5, 5.41) is 0.699. The van der Waals surface area contributed by atoms with Crippen LogP contribution in [0.1, 0.15) is 31.1 Å². The molecule has 0 N–H and O–H groups in total. The van der Waals surface area contributed by atoms with Crippen molar-refractivity contribution in [1.29, 1.82) is 0 Å². The van der Waals surface area contributed by atoms with E-state index in [0.29, 0.717) is 11.4 Å². The molecule has 1 aromatic carbocycles. The number of halogens is 1. The quantitative estimate of drug-likeness (QED) is 0.853. The lowest BCUT2D eigenvalue weighted by molar-refractivity contribution is 0.0724. The zero-order chi connectivity index (χ0) is 14.8. The van der Waals surface area contributed by atoms with Gasteiger partial charge in [0.1, 0.15) is 6.33 Å². The lowest BCUT2D eigenvalue weighted by Gasteiger charge is -2.29. The number of imidazole rings is 1. The second-order valence-electron chi connectivity index (χ2n) is 6.06. The molecule has 1 heterocycles. The molecule has 2 aromatic rings. The van der Waals surface area contributed by atoms with Crippen molar-refractivity contribution in [2.24, 2.45) is 11.3 Å². The van der Waals surface area contributed by atoms with Gasteiger partial charge in [-0.2, -0.15) is 0 Å². The van der Waals surface area contributed by atoms with Gasteiger partial charge in [0.25, 0.3) is 0 Å². The molecule has 1 unspecified atom stereocenters. The molecule has 0 radical (unpaired) electrons. The highest BCUT2D eigenvalue weighted by molar-refractivity contribution is 6.30. The predicted octanol–water partition coefficient (Wildman–Crippen LogP) is 4.08. The number of carbonyl (C=O) groups is 1. The van der Waals surface area contributed by atoms with E-state index in [2.05, 4.69) is 25.8 Å². The summed E-state index contributed by atoms with van der Waals surface area (Å²) < 4.78 is 1.56. The third-order valence-electron chi connectivity index (χ3n) is 3.43. The second kappa shape index (κ2) is 5.80. The van der Waals surface area contributed by atoms with Crippen LogP contribution >= 0.6 is 11.6 Å². The molecule has 1 atom stereocenters. The Morgan fingerprint density at radius 1 is 1.40 bits per heavy atom. The van der Waals surface area contributed by atoms with E-state index in [1.54, 1.807) is 23.3 Å². The molecule has 3 nitrogen and oxygen atoms in total. The molecule has 1 aromatic heterocycles. The van der Waals surface area contributed by atoms with Crippen molar-refractivity contribution in [1.82, 2.24) is 9.55 Å². The molecule has 0 aliphatic rings. The van der Waals surface area contributed by atoms with Crippen LogP contribution in [-0.4, -0.2) is 15.5 Å². The van der Waals surface area contributed by atoms with Crippen molar-refractivity contribution in [2.45, 2.75) is 27.2 Å². The van der Waals surface area contributed by atoms with Crippen LogP contribution in [0, 0.1) is 11.3 Å². The van der Waals surface area contributed by atoms with Crippen LogP contribution in [0.4, 0.5) is 0 Å². The topological polar surface area (TPSA) is 34.9 Å². The van der Waals surface area contributed by atoms with Gasteiger partial charge in [-0.1, -0.05) is 44.5 Å². The van der Waals surface area contributed by atoms with E-state index in [1.807, 2.05) is 24.3 Å². The zero-order valence-corrected chi connectivity index (χ0v) is 12.8. The van der Waals surface area contributed by atoms with Crippen molar-refractivity contribution < 1.29 is 4.79 Å².